The Kier molecular flexibility index (Phi) is 5.05. The van der Waals surface area contributed by atoms with Crippen molar-refractivity contribution < 1.29 is 9.53 Å². The molecule has 6 heteroatoms. The van der Waals surface area contributed by atoms with Gasteiger partial charge in [0, 0.05) is 29.3 Å². The molecule has 0 aliphatic carbocycles. The molecule has 0 N–H and O–H groups in total. The van der Waals surface area contributed by atoms with Crippen LogP contribution in [0.1, 0.15) is 12.5 Å². The highest BCUT2D eigenvalue weighted by Gasteiger charge is 2.19. The van der Waals surface area contributed by atoms with Crippen LogP contribution in [-0.2, 0) is 16.1 Å². The fraction of sp³-hybridized carbons (Fsp3) is 0.300. The number of carbonyl (C=O) groups excluding carboxylic acids is 1. The number of hydrogen-bond acceptors (Lipinski definition) is 4. The molecule has 0 unspecified atom stereocenters. The van der Waals surface area contributed by atoms with Gasteiger partial charge in [-0.2, -0.15) is 0 Å². The molecule has 136 valence electrons. The number of nitrogens with zero attached hydrogens (tertiary/aromatic N) is 2. The zero-order valence-electron chi connectivity index (χ0n) is 15.3. The van der Waals surface area contributed by atoms with Crippen LogP contribution in [0.15, 0.2) is 39.6 Å². The number of benzene rings is 2. The summed E-state index contributed by atoms with van der Waals surface area (Å²) >= 11 is 3.43. The summed E-state index contributed by atoms with van der Waals surface area (Å²) in [6.45, 7) is 4.15. The third kappa shape index (κ3) is 3.09. The first kappa shape index (κ1) is 18.5. The smallest absolute Gasteiger partial charge is 0.325 e. The highest BCUT2D eigenvalue weighted by Crippen LogP contribution is 2.31. The third-order valence-corrected chi connectivity index (χ3v) is 4.89. The van der Waals surface area contributed by atoms with Gasteiger partial charge in [-0.15, -0.1) is 0 Å². The first-order valence-corrected chi connectivity index (χ1v) is 9.22. The average Bonchev–Trinajstić information content (AvgIpc) is 2.58. The normalized spacial score (nSPS) is 11.1. The first-order chi connectivity index (χ1) is 12.3. The van der Waals surface area contributed by atoms with Crippen molar-refractivity contribution in [3.63, 3.8) is 0 Å². The van der Waals surface area contributed by atoms with Gasteiger partial charge in [0.25, 0.3) is 0 Å². The minimum atomic E-state index is -0.326. The summed E-state index contributed by atoms with van der Waals surface area (Å²) in [5.41, 5.74) is 3.39. The molecule has 2 aromatic carbocycles. The van der Waals surface area contributed by atoms with Crippen LogP contribution in [0.25, 0.3) is 21.8 Å². The Bertz CT molecular complexity index is 1070. The van der Waals surface area contributed by atoms with Crippen molar-refractivity contribution in [1.29, 1.82) is 0 Å². The second-order valence-corrected chi connectivity index (χ2v) is 7.32. The Hall–Kier alpha value is -2.34. The van der Waals surface area contributed by atoms with Crippen LogP contribution >= 0.6 is 15.9 Å². The van der Waals surface area contributed by atoms with E-state index in [0.29, 0.717) is 22.9 Å². The average molecular weight is 417 g/mol. The maximum Gasteiger partial charge on any atom is 0.325 e. The molecule has 0 bridgehead atoms. The second kappa shape index (κ2) is 7.11. The molecule has 1 heterocycles. The zero-order chi connectivity index (χ0) is 19.0. The maximum absolute atomic E-state index is 13.1. The first-order valence-electron chi connectivity index (χ1n) is 8.43. The molecule has 0 spiro atoms. The van der Waals surface area contributed by atoms with E-state index in [-0.39, 0.29) is 17.9 Å². The number of fused-ring (bicyclic) bond motifs is 2. The SMILES string of the molecule is CCOC(=O)Cn1c2ccc(Br)cc2c(=O)c2ccc(C)c(N(C)C)c21. The van der Waals surface area contributed by atoms with Crippen LogP contribution in [0.5, 0.6) is 0 Å². The number of aryl methyl sites for hydroxylation is 1. The van der Waals surface area contributed by atoms with Crippen molar-refractivity contribution >= 4 is 49.4 Å². The molecule has 3 rings (SSSR count). The Labute approximate surface area is 160 Å². The third-order valence-electron chi connectivity index (χ3n) is 4.40. The number of hydrogen-bond donors (Lipinski definition) is 0. The lowest BCUT2D eigenvalue weighted by Crippen LogP contribution is -2.21. The number of rotatable bonds is 4. The summed E-state index contributed by atoms with van der Waals surface area (Å²) in [7, 11) is 3.87. The zero-order valence-corrected chi connectivity index (χ0v) is 16.9. The van der Waals surface area contributed by atoms with Gasteiger partial charge in [-0.1, -0.05) is 22.0 Å². The summed E-state index contributed by atoms with van der Waals surface area (Å²) in [5.74, 6) is -0.326. The molecule has 0 aliphatic rings. The van der Waals surface area contributed by atoms with E-state index in [0.717, 1.165) is 21.2 Å². The predicted molar refractivity (Wildman–Crippen MR) is 109 cm³/mol. The van der Waals surface area contributed by atoms with Crippen LogP contribution < -0.4 is 10.3 Å². The van der Waals surface area contributed by atoms with Gasteiger partial charge in [0.15, 0.2) is 5.43 Å². The molecular formula is C20H21BrN2O3. The van der Waals surface area contributed by atoms with Gasteiger partial charge < -0.3 is 14.2 Å². The topological polar surface area (TPSA) is 51.5 Å². The second-order valence-electron chi connectivity index (χ2n) is 6.40. The lowest BCUT2D eigenvalue weighted by Gasteiger charge is -2.23. The van der Waals surface area contributed by atoms with Crippen molar-refractivity contribution in [2.45, 2.75) is 20.4 Å². The van der Waals surface area contributed by atoms with E-state index in [1.807, 2.05) is 54.8 Å². The molecule has 0 saturated heterocycles. The number of pyridine rings is 1. The lowest BCUT2D eigenvalue weighted by atomic mass is 10.0. The highest BCUT2D eigenvalue weighted by molar-refractivity contribution is 9.10. The van der Waals surface area contributed by atoms with Crippen LogP contribution in [0.2, 0.25) is 0 Å². The number of aromatic nitrogens is 1. The summed E-state index contributed by atoms with van der Waals surface area (Å²) in [6, 6.07) is 9.31. The van der Waals surface area contributed by atoms with E-state index in [1.165, 1.54) is 0 Å². The Morgan fingerprint density at radius 2 is 1.92 bits per heavy atom. The Morgan fingerprint density at radius 3 is 2.58 bits per heavy atom. The fourth-order valence-corrected chi connectivity index (χ4v) is 3.75. The van der Waals surface area contributed by atoms with Gasteiger partial charge >= 0.3 is 5.97 Å². The van der Waals surface area contributed by atoms with Crippen LogP contribution in [-0.4, -0.2) is 31.2 Å². The van der Waals surface area contributed by atoms with E-state index in [9.17, 15) is 9.59 Å². The molecule has 0 amide bonds. The van der Waals surface area contributed by atoms with Crippen molar-refractivity contribution in [1.82, 2.24) is 4.57 Å². The number of carbonyl (C=O) groups is 1. The molecule has 5 nitrogen and oxygen atoms in total. The van der Waals surface area contributed by atoms with Crippen LogP contribution in [0.3, 0.4) is 0 Å². The lowest BCUT2D eigenvalue weighted by molar-refractivity contribution is -0.143. The molecule has 0 aliphatic heterocycles. The largest absolute Gasteiger partial charge is 0.465 e. The summed E-state index contributed by atoms with van der Waals surface area (Å²) in [5, 5.41) is 1.17. The van der Waals surface area contributed by atoms with Crippen molar-refractivity contribution in [2.24, 2.45) is 0 Å². The molecule has 0 saturated carbocycles. The van der Waals surface area contributed by atoms with E-state index in [4.69, 9.17) is 4.74 Å². The molecule has 0 atom stereocenters. The fourth-order valence-electron chi connectivity index (χ4n) is 3.39. The standard InChI is InChI=1S/C20H21BrN2O3/c1-5-26-17(24)11-23-16-9-7-13(21)10-15(16)20(25)14-8-6-12(2)18(19(14)23)22(3)4/h6-10H,5,11H2,1-4H3. The Balaban J connectivity index is 2.51. The molecule has 3 aromatic rings. The predicted octanol–water partition coefficient (Wildman–Crippen LogP) is 3.85. The molecule has 26 heavy (non-hydrogen) atoms. The van der Waals surface area contributed by atoms with Crippen molar-refractivity contribution in [3.05, 3.63) is 50.6 Å². The number of halogens is 1. The minimum Gasteiger partial charge on any atom is -0.465 e. The minimum absolute atomic E-state index is 0.0421. The maximum atomic E-state index is 13.1. The van der Waals surface area contributed by atoms with Gasteiger partial charge in [-0.3, -0.25) is 9.59 Å². The van der Waals surface area contributed by atoms with Gasteiger partial charge in [0.2, 0.25) is 0 Å². The van der Waals surface area contributed by atoms with Gasteiger partial charge in [0.1, 0.15) is 6.54 Å². The van der Waals surface area contributed by atoms with E-state index in [2.05, 4.69) is 15.9 Å². The number of ether oxygens (including phenoxy) is 1. The molecule has 0 radical (unpaired) electrons. The highest BCUT2D eigenvalue weighted by atomic mass is 79.9. The van der Waals surface area contributed by atoms with Crippen molar-refractivity contribution in [3.8, 4) is 0 Å². The van der Waals surface area contributed by atoms with Gasteiger partial charge in [0.05, 0.1) is 23.3 Å². The molecule has 1 aromatic heterocycles. The van der Waals surface area contributed by atoms with Crippen LogP contribution in [0, 0.1) is 6.92 Å². The summed E-state index contributed by atoms with van der Waals surface area (Å²) in [4.78, 5) is 27.4. The van der Waals surface area contributed by atoms with E-state index >= 15 is 0 Å². The Morgan fingerprint density at radius 1 is 1.19 bits per heavy atom. The summed E-state index contributed by atoms with van der Waals surface area (Å²) < 4.78 is 7.88. The van der Waals surface area contributed by atoms with Gasteiger partial charge in [-0.25, -0.2) is 0 Å². The van der Waals surface area contributed by atoms with Gasteiger partial charge in [-0.05, 0) is 43.7 Å². The number of esters is 1. The van der Waals surface area contributed by atoms with E-state index in [1.54, 1.807) is 13.0 Å². The molecular weight excluding hydrogens is 396 g/mol. The molecule has 0 fully saturated rings. The van der Waals surface area contributed by atoms with E-state index < -0.39 is 0 Å². The van der Waals surface area contributed by atoms with Crippen LogP contribution in [0.4, 0.5) is 5.69 Å². The monoisotopic (exact) mass is 416 g/mol. The quantitative estimate of drug-likeness (QED) is 0.478. The van der Waals surface area contributed by atoms with Crippen molar-refractivity contribution in [2.75, 3.05) is 25.6 Å². The number of anilines is 1. The summed E-state index contributed by atoms with van der Waals surface area (Å²) in [6.07, 6.45) is 0.